The van der Waals surface area contributed by atoms with E-state index in [4.69, 9.17) is 14.2 Å². The van der Waals surface area contributed by atoms with E-state index >= 15 is 0 Å². The van der Waals surface area contributed by atoms with Gasteiger partial charge < -0.3 is 14.2 Å². The number of hydrogen-bond acceptors (Lipinski definition) is 4. The van der Waals surface area contributed by atoms with Crippen LogP contribution in [0.3, 0.4) is 0 Å². The van der Waals surface area contributed by atoms with E-state index in [0.29, 0.717) is 18.4 Å². The molecule has 0 amide bonds. The van der Waals surface area contributed by atoms with E-state index < -0.39 is 0 Å². The standard InChI is InChI=1S/C14H19NO3/c1-9(2)10-8-18-14(15-10)13-11(16-3)6-5-7-12(13)17-4/h5-7,9-10H,8H2,1-4H3/t10-/m1/s1. The van der Waals surface area contributed by atoms with E-state index in [9.17, 15) is 0 Å². The minimum absolute atomic E-state index is 0.203. The van der Waals surface area contributed by atoms with Gasteiger partial charge in [0.2, 0.25) is 5.90 Å². The Hall–Kier alpha value is -1.71. The van der Waals surface area contributed by atoms with Crippen LogP contribution in [0.4, 0.5) is 0 Å². The number of nitrogens with zero attached hydrogens (tertiary/aromatic N) is 1. The highest BCUT2D eigenvalue weighted by molar-refractivity contribution is 6.00. The molecule has 2 rings (SSSR count). The number of methoxy groups -OCH3 is 2. The lowest BCUT2D eigenvalue weighted by molar-refractivity contribution is 0.289. The van der Waals surface area contributed by atoms with Crippen molar-refractivity contribution in [1.82, 2.24) is 0 Å². The summed E-state index contributed by atoms with van der Waals surface area (Å²) in [6.45, 7) is 4.90. The molecule has 0 saturated heterocycles. The third-order valence-electron chi connectivity index (χ3n) is 3.09. The molecular weight excluding hydrogens is 230 g/mol. The molecule has 0 aromatic heterocycles. The average molecular weight is 249 g/mol. The van der Waals surface area contributed by atoms with Gasteiger partial charge in [0.15, 0.2) is 0 Å². The molecule has 1 aliphatic rings. The summed E-state index contributed by atoms with van der Waals surface area (Å²) in [5.41, 5.74) is 0.797. The zero-order chi connectivity index (χ0) is 13.1. The van der Waals surface area contributed by atoms with E-state index in [1.54, 1.807) is 14.2 Å². The van der Waals surface area contributed by atoms with Gasteiger partial charge in [-0.1, -0.05) is 19.9 Å². The molecule has 0 fully saturated rings. The second-order valence-corrected chi connectivity index (χ2v) is 4.59. The van der Waals surface area contributed by atoms with Gasteiger partial charge in [-0.15, -0.1) is 0 Å². The van der Waals surface area contributed by atoms with Gasteiger partial charge in [-0.25, -0.2) is 4.99 Å². The molecule has 1 aromatic rings. The lowest BCUT2D eigenvalue weighted by atomic mass is 10.1. The van der Waals surface area contributed by atoms with Crippen LogP contribution in [-0.4, -0.2) is 32.8 Å². The molecule has 1 aromatic carbocycles. The molecule has 1 aliphatic heterocycles. The van der Waals surface area contributed by atoms with Gasteiger partial charge in [-0.05, 0) is 18.1 Å². The molecule has 1 heterocycles. The summed E-state index contributed by atoms with van der Waals surface area (Å²) in [5, 5.41) is 0. The Labute approximate surface area is 108 Å². The quantitative estimate of drug-likeness (QED) is 0.823. The molecule has 0 radical (unpaired) electrons. The average Bonchev–Trinajstić information content (AvgIpc) is 2.87. The Bertz CT molecular complexity index is 432. The predicted octanol–water partition coefficient (Wildman–Crippen LogP) is 2.51. The Morgan fingerprint density at radius 2 is 1.83 bits per heavy atom. The maximum absolute atomic E-state index is 5.69. The van der Waals surface area contributed by atoms with Crippen LogP contribution in [-0.2, 0) is 4.74 Å². The lowest BCUT2D eigenvalue weighted by Crippen LogP contribution is -2.13. The zero-order valence-corrected chi connectivity index (χ0v) is 11.3. The molecule has 98 valence electrons. The van der Waals surface area contributed by atoms with Crippen LogP contribution in [0.2, 0.25) is 0 Å². The van der Waals surface area contributed by atoms with Gasteiger partial charge in [0.1, 0.15) is 23.7 Å². The predicted molar refractivity (Wildman–Crippen MR) is 70.7 cm³/mol. The Balaban J connectivity index is 2.41. The molecule has 0 spiro atoms. The van der Waals surface area contributed by atoms with Crippen LogP contribution < -0.4 is 9.47 Å². The van der Waals surface area contributed by atoms with Crippen molar-refractivity contribution in [2.75, 3.05) is 20.8 Å². The van der Waals surface area contributed by atoms with Crippen molar-refractivity contribution in [3.8, 4) is 11.5 Å². The number of benzene rings is 1. The van der Waals surface area contributed by atoms with Crippen molar-refractivity contribution in [2.45, 2.75) is 19.9 Å². The molecule has 0 N–H and O–H groups in total. The van der Waals surface area contributed by atoms with Gasteiger partial charge in [0.05, 0.1) is 20.3 Å². The fraction of sp³-hybridized carbons (Fsp3) is 0.500. The number of aliphatic imine (C=N–C) groups is 1. The van der Waals surface area contributed by atoms with E-state index in [1.807, 2.05) is 18.2 Å². The SMILES string of the molecule is COc1cccc(OC)c1C1=N[C@@H](C(C)C)CO1. The summed E-state index contributed by atoms with van der Waals surface area (Å²) in [6.07, 6.45) is 0. The maximum Gasteiger partial charge on any atom is 0.224 e. The van der Waals surface area contributed by atoms with Crippen LogP contribution in [0.5, 0.6) is 11.5 Å². The summed E-state index contributed by atoms with van der Waals surface area (Å²) in [4.78, 5) is 4.61. The molecule has 0 saturated carbocycles. The number of hydrogen-bond donors (Lipinski definition) is 0. The fourth-order valence-corrected chi connectivity index (χ4v) is 1.93. The van der Waals surface area contributed by atoms with Crippen molar-refractivity contribution < 1.29 is 14.2 Å². The third kappa shape index (κ3) is 2.28. The second-order valence-electron chi connectivity index (χ2n) is 4.59. The molecule has 1 atom stereocenters. The molecular formula is C14H19NO3. The van der Waals surface area contributed by atoms with Crippen molar-refractivity contribution in [3.05, 3.63) is 23.8 Å². The van der Waals surface area contributed by atoms with Crippen LogP contribution >= 0.6 is 0 Å². The molecule has 0 unspecified atom stereocenters. The van der Waals surface area contributed by atoms with Gasteiger partial charge in [0.25, 0.3) is 0 Å². The summed E-state index contributed by atoms with van der Waals surface area (Å²) in [7, 11) is 3.27. The van der Waals surface area contributed by atoms with Crippen molar-refractivity contribution in [2.24, 2.45) is 10.9 Å². The first-order chi connectivity index (χ1) is 8.67. The first kappa shape index (κ1) is 12.7. The zero-order valence-electron chi connectivity index (χ0n) is 11.3. The van der Waals surface area contributed by atoms with Crippen molar-refractivity contribution in [1.29, 1.82) is 0 Å². The normalized spacial score (nSPS) is 18.5. The highest BCUT2D eigenvalue weighted by atomic mass is 16.5. The van der Waals surface area contributed by atoms with E-state index in [2.05, 4.69) is 18.8 Å². The Kier molecular flexibility index (Phi) is 3.75. The van der Waals surface area contributed by atoms with Gasteiger partial charge >= 0.3 is 0 Å². The highest BCUT2D eigenvalue weighted by Gasteiger charge is 2.27. The minimum atomic E-state index is 0.203. The van der Waals surface area contributed by atoms with Crippen LogP contribution in [0, 0.1) is 5.92 Å². The second kappa shape index (κ2) is 5.29. The monoisotopic (exact) mass is 249 g/mol. The first-order valence-corrected chi connectivity index (χ1v) is 6.09. The number of ether oxygens (including phenoxy) is 3. The van der Waals surface area contributed by atoms with Gasteiger partial charge in [-0.3, -0.25) is 0 Å². The summed E-state index contributed by atoms with van der Waals surface area (Å²) < 4.78 is 16.4. The van der Waals surface area contributed by atoms with E-state index in [0.717, 1.165) is 17.1 Å². The Morgan fingerprint density at radius 3 is 2.28 bits per heavy atom. The Morgan fingerprint density at radius 1 is 1.22 bits per heavy atom. The molecule has 0 aliphatic carbocycles. The molecule has 4 nitrogen and oxygen atoms in total. The summed E-state index contributed by atoms with van der Waals surface area (Å²) >= 11 is 0. The maximum atomic E-state index is 5.69. The molecule has 18 heavy (non-hydrogen) atoms. The minimum Gasteiger partial charge on any atom is -0.496 e. The smallest absolute Gasteiger partial charge is 0.224 e. The largest absolute Gasteiger partial charge is 0.496 e. The van der Waals surface area contributed by atoms with Crippen molar-refractivity contribution in [3.63, 3.8) is 0 Å². The number of rotatable bonds is 4. The third-order valence-corrected chi connectivity index (χ3v) is 3.09. The topological polar surface area (TPSA) is 40.0 Å². The first-order valence-electron chi connectivity index (χ1n) is 6.09. The van der Waals surface area contributed by atoms with Gasteiger partial charge in [-0.2, -0.15) is 0 Å². The fourth-order valence-electron chi connectivity index (χ4n) is 1.93. The molecule has 0 bridgehead atoms. The van der Waals surface area contributed by atoms with Crippen LogP contribution in [0.15, 0.2) is 23.2 Å². The lowest BCUT2D eigenvalue weighted by Gasteiger charge is -2.12. The summed E-state index contributed by atoms with van der Waals surface area (Å²) in [6, 6.07) is 5.85. The van der Waals surface area contributed by atoms with Crippen LogP contribution in [0.1, 0.15) is 19.4 Å². The van der Waals surface area contributed by atoms with Gasteiger partial charge in [0, 0.05) is 0 Å². The highest BCUT2D eigenvalue weighted by Crippen LogP contribution is 2.31. The molecule has 4 heteroatoms. The van der Waals surface area contributed by atoms with E-state index in [-0.39, 0.29) is 6.04 Å². The summed E-state index contributed by atoms with van der Waals surface area (Å²) in [5.74, 6) is 2.52. The van der Waals surface area contributed by atoms with Crippen LogP contribution in [0.25, 0.3) is 0 Å². The van der Waals surface area contributed by atoms with Crippen molar-refractivity contribution >= 4 is 5.90 Å². The van der Waals surface area contributed by atoms with E-state index in [1.165, 1.54) is 0 Å².